The van der Waals surface area contributed by atoms with Crippen molar-refractivity contribution in [3.63, 3.8) is 0 Å². The van der Waals surface area contributed by atoms with Crippen molar-refractivity contribution in [1.82, 2.24) is 0 Å². The quantitative estimate of drug-likeness (QED) is 0.344. The summed E-state index contributed by atoms with van der Waals surface area (Å²) in [5.41, 5.74) is 7.92. The van der Waals surface area contributed by atoms with Crippen LogP contribution in [0.4, 0.5) is 17.1 Å². The lowest BCUT2D eigenvalue weighted by Gasteiger charge is -2.25. The highest BCUT2D eigenvalue weighted by atomic mass is 15.1. The van der Waals surface area contributed by atoms with Gasteiger partial charge in [-0.25, -0.2) is 0 Å². The van der Waals surface area contributed by atoms with E-state index in [0.29, 0.717) is 0 Å². The first kappa shape index (κ1) is 18.6. The molecule has 0 aromatic heterocycles. The molecule has 0 N–H and O–H groups in total. The molecule has 0 aliphatic heterocycles. The van der Waals surface area contributed by atoms with Crippen molar-refractivity contribution >= 4 is 17.1 Å². The van der Waals surface area contributed by atoms with Crippen LogP contribution in [-0.4, -0.2) is 0 Å². The van der Waals surface area contributed by atoms with Crippen LogP contribution in [0.25, 0.3) is 0 Å². The van der Waals surface area contributed by atoms with Gasteiger partial charge in [0, 0.05) is 28.2 Å². The third-order valence-electron chi connectivity index (χ3n) is 4.83. The maximum Gasteiger partial charge on any atom is 0.0462 e. The van der Waals surface area contributed by atoms with Gasteiger partial charge in [0.25, 0.3) is 0 Å². The highest BCUT2D eigenvalue weighted by molar-refractivity contribution is 5.76. The van der Waals surface area contributed by atoms with Crippen LogP contribution in [0, 0.1) is 25.7 Å². The van der Waals surface area contributed by atoms with E-state index in [1.807, 2.05) is 6.07 Å². The van der Waals surface area contributed by atoms with E-state index in [1.54, 1.807) is 0 Å². The van der Waals surface area contributed by atoms with Crippen molar-refractivity contribution in [3.05, 3.63) is 125 Å². The molecule has 1 nitrogen and oxygen atoms in total. The summed E-state index contributed by atoms with van der Waals surface area (Å²) in [6, 6.07) is 35.8. The molecule has 4 aromatic rings. The normalized spacial score (nSPS) is 10.1. The average molecular weight is 373 g/mol. The molecule has 0 fully saturated rings. The summed E-state index contributed by atoms with van der Waals surface area (Å²) in [5, 5.41) is 0. The lowest BCUT2D eigenvalue weighted by Crippen LogP contribution is -2.09. The van der Waals surface area contributed by atoms with E-state index in [4.69, 9.17) is 0 Å². The van der Waals surface area contributed by atoms with E-state index in [1.165, 1.54) is 11.1 Å². The minimum absolute atomic E-state index is 1.01. The minimum Gasteiger partial charge on any atom is -0.311 e. The van der Waals surface area contributed by atoms with Gasteiger partial charge in [0.1, 0.15) is 0 Å². The zero-order valence-corrected chi connectivity index (χ0v) is 16.8. The molecule has 4 rings (SSSR count). The van der Waals surface area contributed by atoms with E-state index in [-0.39, 0.29) is 0 Å². The number of hydrogen-bond acceptors (Lipinski definition) is 1. The fourth-order valence-electron chi connectivity index (χ4n) is 3.19. The summed E-state index contributed by atoms with van der Waals surface area (Å²) in [7, 11) is 0. The van der Waals surface area contributed by atoms with Gasteiger partial charge in [0.2, 0.25) is 0 Å². The van der Waals surface area contributed by atoms with Crippen molar-refractivity contribution in [2.45, 2.75) is 13.8 Å². The molecule has 0 spiro atoms. The van der Waals surface area contributed by atoms with Crippen LogP contribution in [0.1, 0.15) is 22.3 Å². The van der Waals surface area contributed by atoms with Gasteiger partial charge in [-0.15, -0.1) is 0 Å². The number of nitrogens with zero attached hydrogens (tertiary/aromatic N) is 1. The van der Waals surface area contributed by atoms with Crippen molar-refractivity contribution in [3.8, 4) is 11.8 Å². The van der Waals surface area contributed by atoms with E-state index < -0.39 is 0 Å². The number of anilines is 3. The Balaban J connectivity index is 1.65. The Bertz CT molecular complexity index is 1130. The minimum atomic E-state index is 1.01. The molecule has 0 aliphatic rings. The van der Waals surface area contributed by atoms with Crippen LogP contribution in [0.5, 0.6) is 0 Å². The zero-order chi connectivity index (χ0) is 20.1. The molecule has 0 heterocycles. The molecule has 1 heteroatoms. The molecule has 0 unspecified atom stereocenters. The van der Waals surface area contributed by atoms with E-state index >= 15 is 0 Å². The fourth-order valence-corrected chi connectivity index (χ4v) is 3.19. The number of rotatable bonds is 3. The predicted octanol–water partition coefficient (Wildman–Crippen LogP) is 7.17. The third-order valence-corrected chi connectivity index (χ3v) is 4.83. The molecule has 140 valence electrons. The summed E-state index contributed by atoms with van der Waals surface area (Å²) in [6.07, 6.45) is 0. The molecule has 0 saturated carbocycles. The average Bonchev–Trinajstić information content (AvgIpc) is 2.77. The smallest absolute Gasteiger partial charge is 0.0462 e. The Morgan fingerprint density at radius 1 is 0.448 bits per heavy atom. The Morgan fingerprint density at radius 3 is 1.34 bits per heavy atom. The molecule has 29 heavy (non-hydrogen) atoms. The third kappa shape index (κ3) is 4.57. The number of hydrogen-bond donors (Lipinski definition) is 0. The standard InChI is InChI=1S/C28H23N/c1-22-8-12-24(13-9-22)14-15-25-16-20-28(21-17-25)29(26-6-4-3-5-7-26)27-18-10-23(2)11-19-27/h3-13,16-21H,1-2H3. The number of para-hydroxylation sites is 1. The molecular weight excluding hydrogens is 350 g/mol. The summed E-state index contributed by atoms with van der Waals surface area (Å²) >= 11 is 0. The van der Waals surface area contributed by atoms with Gasteiger partial charge < -0.3 is 4.90 Å². The highest BCUT2D eigenvalue weighted by Crippen LogP contribution is 2.34. The monoisotopic (exact) mass is 373 g/mol. The van der Waals surface area contributed by atoms with Crippen molar-refractivity contribution in [2.24, 2.45) is 0 Å². The van der Waals surface area contributed by atoms with E-state index in [0.717, 1.165) is 28.2 Å². The first-order valence-corrected chi connectivity index (χ1v) is 9.80. The molecule has 0 radical (unpaired) electrons. The Morgan fingerprint density at radius 2 is 0.828 bits per heavy atom. The molecular formula is C28H23N. The molecule has 0 saturated heterocycles. The molecule has 0 amide bonds. The second-order valence-electron chi connectivity index (χ2n) is 7.17. The lowest BCUT2D eigenvalue weighted by molar-refractivity contribution is 1.27. The van der Waals surface area contributed by atoms with Gasteiger partial charge in [-0.1, -0.05) is 65.4 Å². The predicted molar refractivity (Wildman–Crippen MR) is 123 cm³/mol. The van der Waals surface area contributed by atoms with Crippen molar-refractivity contribution < 1.29 is 0 Å². The van der Waals surface area contributed by atoms with E-state index in [9.17, 15) is 0 Å². The SMILES string of the molecule is Cc1ccc(C#Cc2ccc(N(c3ccccc3)c3ccc(C)cc3)cc2)cc1. The van der Waals surface area contributed by atoms with Crippen molar-refractivity contribution in [1.29, 1.82) is 0 Å². The fraction of sp³-hybridized carbons (Fsp3) is 0.0714. The molecule has 0 bridgehead atoms. The van der Waals surface area contributed by atoms with E-state index in [2.05, 4.69) is 128 Å². The molecule has 0 aliphatic carbocycles. The van der Waals surface area contributed by atoms with Gasteiger partial charge in [0.05, 0.1) is 0 Å². The van der Waals surface area contributed by atoms with Crippen LogP contribution in [0.2, 0.25) is 0 Å². The lowest BCUT2D eigenvalue weighted by atomic mass is 10.1. The van der Waals surface area contributed by atoms with Crippen LogP contribution in [0.15, 0.2) is 103 Å². The number of benzene rings is 4. The second kappa shape index (κ2) is 8.50. The summed E-state index contributed by atoms with van der Waals surface area (Å²) in [6.45, 7) is 4.20. The van der Waals surface area contributed by atoms with Gasteiger partial charge in [-0.2, -0.15) is 0 Å². The summed E-state index contributed by atoms with van der Waals surface area (Å²) < 4.78 is 0. The Hall–Kier alpha value is -3.76. The van der Waals surface area contributed by atoms with Gasteiger partial charge >= 0.3 is 0 Å². The maximum absolute atomic E-state index is 3.27. The van der Waals surface area contributed by atoms with Gasteiger partial charge in [-0.3, -0.25) is 0 Å². The Kier molecular flexibility index (Phi) is 5.45. The second-order valence-corrected chi connectivity index (χ2v) is 7.17. The Labute approximate surface area is 173 Å². The van der Waals surface area contributed by atoms with Crippen molar-refractivity contribution in [2.75, 3.05) is 4.90 Å². The molecule has 0 atom stereocenters. The zero-order valence-electron chi connectivity index (χ0n) is 16.8. The largest absolute Gasteiger partial charge is 0.311 e. The van der Waals surface area contributed by atoms with Gasteiger partial charge in [0.15, 0.2) is 0 Å². The van der Waals surface area contributed by atoms with Crippen LogP contribution >= 0.6 is 0 Å². The maximum atomic E-state index is 3.27. The first-order chi connectivity index (χ1) is 14.2. The van der Waals surface area contributed by atoms with Crippen LogP contribution in [0.3, 0.4) is 0 Å². The first-order valence-electron chi connectivity index (χ1n) is 9.80. The van der Waals surface area contributed by atoms with Crippen LogP contribution < -0.4 is 4.90 Å². The molecule has 4 aromatic carbocycles. The summed E-state index contributed by atoms with van der Waals surface area (Å²) in [4.78, 5) is 2.26. The summed E-state index contributed by atoms with van der Waals surface area (Å²) in [5.74, 6) is 6.51. The van der Waals surface area contributed by atoms with Gasteiger partial charge in [-0.05, 0) is 74.5 Å². The number of aryl methyl sites for hydroxylation is 2. The van der Waals surface area contributed by atoms with Crippen LogP contribution in [-0.2, 0) is 0 Å². The topological polar surface area (TPSA) is 3.24 Å². The highest BCUT2D eigenvalue weighted by Gasteiger charge is 2.11.